The van der Waals surface area contributed by atoms with Crippen molar-refractivity contribution in [1.82, 2.24) is 4.90 Å². The molecule has 1 fully saturated rings. The number of carboxylic acids is 1. The minimum atomic E-state index is -0.979. The lowest BCUT2D eigenvalue weighted by atomic mass is 10.1. The topological polar surface area (TPSA) is 76.1 Å². The maximum atomic E-state index is 12.4. The van der Waals surface area contributed by atoms with E-state index in [0.29, 0.717) is 44.5 Å². The lowest BCUT2D eigenvalue weighted by molar-refractivity contribution is -0.137. The van der Waals surface area contributed by atoms with E-state index in [9.17, 15) is 9.59 Å². The molecule has 1 aromatic rings. The molecule has 2 aliphatic rings. The van der Waals surface area contributed by atoms with Gasteiger partial charge in [0.15, 0.2) is 11.5 Å². The molecular formula is C16H14ClNO5S2. The number of nitrogens with zero attached hydrogens (tertiary/aromatic N) is 1. The van der Waals surface area contributed by atoms with E-state index in [1.165, 1.54) is 4.90 Å². The first kappa shape index (κ1) is 18.0. The Morgan fingerprint density at radius 2 is 2.16 bits per heavy atom. The molecule has 1 saturated heterocycles. The smallest absolute Gasteiger partial charge is 0.305 e. The van der Waals surface area contributed by atoms with Crippen molar-refractivity contribution in [3.8, 4) is 11.5 Å². The van der Waals surface area contributed by atoms with E-state index in [1.807, 2.05) is 0 Å². The number of carbonyl (C=O) groups excluding carboxylic acids is 1. The van der Waals surface area contributed by atoms with Gasteiger partial charge in [-0.2, -0.15) is 0 Å². The van der Waals surface area contributed by atoms with Crippen LogP contribution in [0.5, 0.6) is 11.5 Å². The lowest BCUT2D eigenvalue weighted by Crippen LogP contribution is -2.30. The molecule has 9 heteroatoms. The summed E-state index contributed by atoms with van der Waals surface area (Å²) in [5, 5.41) is 9.18. The Morgan fingerprint density at radius 1 is 1.40 bits per heavy atom. The average molecular weight is 400 g/mol. The summed E-state index contributed by atoms with van der Waals surface area (Å²) >= 11 is 12.6. The molecule has 0 unspecified atom stereocenters. The molecule has 0 aliphatic carbocycles. The highest BCUT2D eigenvalue weighted by molar-refractivity contribution is 8.26. The summed E-state index contributed by atoms with van der Waals surface area (Å²) in [5.41, 5.74) is 0.688. The van der Waals surface area contributed by atoms with Gasteiger partial charge in [-0.25, -0.2) is 0 Å². The van der Waals surface area contributed by atoms with Gasteiger partial charge < -0.3 is 14.6 Å². The van der Waals surface area contributed by atoms with Crippen molar-refractivity contribution in [1.29, 1.82) is 0 Å². The van der Waals surface area contributed by atoms with Crippen LogP contribution in [-0.4, -0.2) is 46.0 Å². The van der Waals surface area contributed by atoms with Crippen LogP contribution in [0.1, 0.15) is 18.4 Å². The first-order valence-electron chi connectivity index (χ1n) is 7.52. The van der Waals surface area contributed by atoms with E-state index < -0.39 is 5.97 Å². The van der Waals surface area contributed by atoms with Crippen molar-refractivity contribution < 1.29 is 24.2 Å². The lowest BCUT2D eigenvalue weighted by Gasteiger charge is -2.12. The minimum absolute atomic E-state index is 0.0548. The van der Waals surface area contributed by atoms with Crippen LogP contribution in [0.2, 0.25) is 5.02 Å². The van der Waals surface area contributed by atoms with Crippen molar-refractivity contribution in [2.75, 3.05) is 19.8 Å². The molecular weight excluding hydrogens is 386 g/mol. The first-order chi connectivity index (χ1) is 12.0. The number of thiocarbonyl (C=S) groups is 1. The van der Waals surface area contributed by atoms with E-state index in [-0.39, 0.29) is 18.9 Å². The van der Waals surface area contributed by atoms with Crippen LogP contribution in [0, 0.1) is 0 Å². The van der Waals surface area contributed by atoms with Gasteiger partial charge in [0.1, 0.15) is 4.32 Å². The Morgan fingerprint density at radius 3 is 2.92 bits per heavy atom. The molecule has 3 rings (SSSR count). The normalized spacial score (nSPS) is 18.6. The van der Waals surface area contributed by atoms with Crippen molar-refractivity contribution in [2.45, 2.75) is 12.8 Å². The standard InChI is InChI=1S/C16H14ClNO5S2/c17-10-6-9(7-11-14(10)23-5-1-4-22-11)8-12-15(21)18(16(24)25-12)3-2-13(19)20/h6-8H,1-5H2,(H,19,20)/b12-8+. The van der Waals surface area contributed by atoms with Gasteiger partial charge in [-0.1, -0.05) is 35.6 Å². The number of halogens is 1. The molecule has 0 atom stereocenters. The number of hydrogen-bond donors (Lipinski definition) is 1. The highest BCUT2D eigenvalue weighted by Gasteiger charge is 2.32. The van der Waals surface area contributed by atoms with Crippen LogP contribution < -0.4 is 9.47 Å². The van der Waals surface area contributed by atoms with Gasteiger partial charge in [0.2, 0.25) is 0 Å². The van der Waals surface area contributed by atoms with Gasteiger partial charge in [-0.3, -0.25) is 14.5 Å². The number of rotatable bonds is 4. The Balaban J connectivity index is 1.84. The Kier molecular flexibility index (Phi) is 5.51. The second kappa shape index (κ2) is 7.63. The predicted octanol–water partition coefficient (Wildman–Crippen LogP) is 3.18. The number of carboxylic acid groups (broad SMARTS) is 1. The van der Waals surface area contributed by atoms with E-state index in [2.05, 4.69) is 0 Å². The molecule has 6 nitrogen and oxygen atoms in total. The SMILES string of the molecule is O=C(O)CCN1C(=O)/C(=C\c2cc(Cl)c3c(c2)OCCCO3)SC1=S. The fraction of sp³-hybridized carbons (Fsp3) is 0.312. The highest BCUT2D eigenvalue weighted by atomic mass is 35.5. The number of hydrogen-bond acceptors (Lipinski definition) is 6. The van der Waals surface area contributed by atoms with Crippen LogP contribution >= 0.6 is 35.6 Å². The molecule has 0 spiro atoms. The summed E-state index contributed by atoms with van der Waals surface area (Å²) in [4.78, 5) is 24.8. The van der Waals surface area contributed by atoms with Crippen molar-refractivity contribution >= 4 is 57.9 Å². The molecule has 2 heterocycles. The van der Waals surface area contributed by atoms with Crippen LogP contribution in [0.4, 0.5) is 0 Å². The van der Waals surface area contributed by atoms with Crippen molar-refractivity contribution in [2.24, 2.45) is 0 Å². The molecule has 132 valence electrons. The molecule has 2 aliphatic heterocycles. The zero-order chi connectivity index (χ0) is 18.0. The van der Waals surface area contributed by atoms with E-state index in [4.69, 9.17) is 38.4 Å². The zero-order valence-electron chi connectivity index (χ0n) is 13.0. The first-order valence-corrected chi connectivity index (χ1v) is 9.12. The van der Waals surface area contributed by atoms with Gasteiger partial charge in [0.25, 0.3) is 5.91 Å². The van der Waals surface area contributed by atoms with E-state index in [1.54, 1.807) is 18.2 Å². The number of ether oxygens (including phenoxy) is 2. The third-order valence-corrected chi connectivity index (χ3v) is 5.20. The van der Waals surface area contributed by atoms with E-state index >= 15 is 0 Å². The fourth-order valence-electron chi connectivity index (χ4n) is 2.39. The molecule has 0 saturated carbocycles. The summed E-state index contributed by atoms with van der Waals surface area (Å²) in [6, 6.07) is 3.45. The predicted molar refractivity (Wildman–Crippen MR) is 99.2 cm³/mol. The summed E-state index contributed by atoms with van der Waals surface area (Å²) in [6.45, 7) is 1.12. The highest BCUT2D eigenvalue weighted by Crippen LogP contribution is 2.40. The molecule has 0 aromatic heterocycles. The van der Waals surface area contributed by atoms with Gasteiger partial charge >= 0.3 is 5.97 Å². The maximum absolute atomic E-state index is 12.4. The summed E-state index contributed by atoms with van der Waals surface area (Å²) in [7, 11) is 0. The third kappa shape index (κ3) is 4.08. The quantitative estimate of drug-likeness (QED) is 0.615. The van der Waals surface area contributed by atoms with Gasteiger partial charge in [-0.15, -0.1) is 0 Å². The van der Waals surface area contributed by atoms with Crippen LogP contribution in [-0.2, 0) is 9.59 Å². The number of fused-ring (bicyclic) bond motifs is 1. The second-order valence-electron chi connectivity index (χ2n) is 5.36. The summed E-state index contributed by atoms with van der Waals surface area (Å²) in [6.07, 6.45) is 2.28. The number of thioether (sulfide) groups is 1. The molecule has 0 radical (unpaired) electrons. The number of aliphatic carboxylic acids is 1. The number of benzene rings is 1. The molecule has 0 bridgehead atoms. The Hall–Kier alpha value is -1.77. The van der Waals surface area contributed by atoms with Gasteiger partial charge in [0, 0.05) is 13.0 Å². The average Bonchev–Trinajstić information content (AvgIpc) is 2.73. The largest absolute Gasteiger partial charge is 0.489 e. The van der Waals surface area contributed by atoms with Crippen molar-refractivity contribution in [3.05, 3.63) is 27.6 Å². The van der Waals surface area contributed by atoms with Crippen molar-refractivity contribution in [3.63, 3.8) is 0 Å². The zero-order valence-corrected chi connectivity index (χ0v) is 15.4. The number of carbonyl (C=O) groups is 2. The molecule has 1 N–H and O–H groups in total. The van der Waals surface area contributed by atoms with Crippen LogP contribution in [0.3, 0.4) is 0 Å². The second-order valence-corrected chi connectivity index (χ2v) is 7.44. The van der Waals surface area contributed by atoms with Crippen LogP contribution in [0.25, 0.3) is 6.08 Å². The fourth-order valence-corrected chi connectivity index (χ4v) is 3.97. The van der Waals surface area contributed by atoms with Gasteiger partial charge in [-0.05, 0) is 23.8 Å². The molecule has 1 amide bonds. The van der Waals surface area contributed by atoms with Gasteiger partial charge in [0.05, 0.1) is 29.6 Å². The third-order valence-electron chi connectivity index (χ3n) is 3.55. The minimum Gasteiger partial charge on any atom is -0.489 e. The Bertz CT molecular complexity index is 780. The molecule has 1 aromatic carbocycles. The van der Waals surface area contributed by atoms with E-state index in [0.717, 1.165) is 18.2 Å². The van der Waals surface area contributed by atoms with Crippen LogP contribution in [0.15, 0.2) is 17.0 Å². The summed E-state index contributed by atoms with van der Waals surface area (Å²) < 4.78 is 11.6. The monoisotopic (exact) mass is 399 g/mol. The molecule has 25 heavy (non-hydrogen) atoms. The Labute approximate surface area is 158 Å². The number of amides is 1. The summed E-state index contributed by atoms with van der Waals surface area (Å²) in [5.74, 6) is -0.241. The maximum Gasteiger partial charge on any atom is 0.305 e.